The van der Waals surface area contributed by atoms with Gasteiger partial charge in [-0.15, -0.1) is 0 Å². The largest absolute Gasteiger partial charge is 0.342 e. The van der Waals surface area contributed by atoms with Gasteiger partial charge in [-0.05, 0) is 24.0 Å². The molecule has 0 aliphatic carbocycles. The van der Waals surface area contributed by atoms with Crippen LogP contribution in [0.3, 0.4) is 0 Å². The summed E-state index contributed by atoms with van der Waals surface area (Å²) in [6.07, 6.45) is 0.153. The van der Waals surface area contributed by atoms with E-state index in [2.05, 4.69) is 27.7 Å². The molecule has 0 spiro atoms. The first-order valence-corrected chi connectivity index (χ1v) is 8.63. The number of carbonyl (C=O) groups is 2. The first kappa shape index (κ1) is 18.4. The van der Waals surface area contributed by atoms with E-state index < -0.39 is 11.7 Å². The van der Waals surface area contributed by atoms with Gasteiger partial charge in [-0.1, -0.05) is 39.8 Å². The molecule has 4 nitrogen and oxygen atoms in total. The fourth-order valence-corrected chi connectivity index (χ4v) is 3.17. The van der Waals surface area contributed by atoms with Gasteiger partial charge in [0.05, 0.1) is 11.6 Å². The van der Waals surface area contributed by atoms with Crippen LogP contribution in [0.15, 0.2) is 24.3 Å². The Morgan fingerprint density at radius 2 is 1.79 bits per heavy atom. The van der Waals surface area contributed by atoms with Crippen molar-refractivity contribution in [3.8, 4) is 0 Å². The molecular weight excluding hydrogens is 307 g/mol. The lowest BCUT2D eigenvalue weighted by Crippen LogP contribution is -2.41. The zero-order chi connectivity index (χ0) is 17.9. The normalized spacial score (nSPS) is 17.9. The number of para-hydroxylation sites is 1. The lowest BCUT2D eigenvalue weighted by Gasteiger charge is -2.28. The van der Waals surface area contributed by atoms with Gasteiger partial charge in [0.2, 0.25) is 11.8 Å². The number of rotatable bonds is 6. The van der Waals surface area contributed by atoms with Crippen LogP contribution in [0.5, 0.6) is 0 Å². The van der Waals surface area contributed by atoms with Crippen molar-refractivity contribution < 1.29 is 14.0 Å². The number of benzene rings is 1. The molecule has 0 N–H and O–H groups in total. The molecule has 1 aliphatic heterocycles. The molecule has 1 unspecified atom stereocenters. The highest BCUT2D eigenvalue weighted by Crippen LogP contribution is 2.28. The summed E-state index contributed by atoms with van der Waals surface area (Å²) in [5.41, 5.74) is 0.261. The van der Waals surface area contributed by atoms with Crippen LogP contribution < -0.4 is 4.90 Å². The van der Waals surface area contributed by atoms with E-state index in [-0.39, 0.29) is 30.5 Å². The van der Waals surface area contributed by atoms with Gasteiger partial charge in [0.15, 0.2) is 0 Å². The van der Waals surface area contributed by atoms with Crippen LogP contribution >= 0.6 is 0 Å². The van der Waals surface area contributed by atoms with Gasteiger partial charge in [-0.25, -0.2) is 4.39 Å². The van der Waals surface area contributed by atoms with E-state index in [9.17, 15) is 14.0 Å². The van der Waals surface area contributed by atoms with Gasteiger partial charge in [-0.2, -0.15) is 0 Å². The molecule has 0 aromatic heterocycles. The number of nitrogens with zero attached hydrogens (tertiary/aromatic N) is 2. The van der Waals surface area contributed by atoms with Crippen molar-refractivity contribution in [3.05, 3.63) is 30.1 Å². The topological polar surface area (TPSA) is 40.6 Å². The summed E-state index contributed by atoms with van der Waals surface area (Å²) in [6, 6.07) is 6.21. The van der Waals surface area contributed by atoms with Crippen LogP contribution in [-0.4, -0.2) is 36.3 Å². The minimum Gasteiger partial charge on any atom is -0.342 e. The smallest absolute Gasteiger partial charge is 0.228 e. The predicted octanol–water partition coefficient (Wildman–Crippen LogP) is 3.32. The minimum atomic E-state index is -0.430. The zero-order valence-electron chi connectivity index (χ0n) is 15.0. The maximum Gasteiger partial charge on any atom is 0.228 e. The lowest BCUT2D eigenvalue weighted by molar-refractivity contribution is -0.136. The van der Waals surface area contributed by atoms with E-state index >= 15 is 0 Å². The fourth-order valence-electron chi connectivity index (χ4n) is 3.17. The number of anilines is 1. The molecule has 1 fully saturated rings. The first-order chi connectivity index (χ1) is 11.3. The highest BCUT2D eigenvalue weighted by Gasteiger charge is 2.38. The molecular formula is C19H27FN2O2. The summed E-state index contributed by atoms with van der Waals surface area (Å²) in [6.45, 7) is 9.92. The number of carbonyl (C=O) groups excluding carboxylic acids is 2. The molecule has 1 aromatic rings. The first-order valence-electron chi connectivity index (χ1n) is 8.63. The van der Waals surface area contributed by atoms with Gasteiger partial charge in [0.1, 0.15) is 5.82 Å². The van der Waals surface area contributed by atoms with Crippen molar-refractivity contribution in [2.75, 3.05) is 24.5 Å². The molecule has 0 bridgehead atoms. The van der Waals surface area contributed by atoms with Crippen molar-refractivity contribution in [3.63, 3.8) is 0 Å². The van der Waals surface area contributed by atoms with Gasteiger partial charge in [0.25, 0.3) is 0 Å². The third-order valence-electron chi connectivity index (χ3n) is 4.10. The molecule has 1 atom stereocenters. The van der Waals surface area contributed by atoms with Crippen molar-refractivity contribution in [1.29, 1.82) is 0 Å². The van der Waals surface area contributed by atoms with Gasteiger partial charge >= 0.3 is 0 Å². The summed E-state index contributed by atoms with van der Waals surface area (Å²) < 4.78 is 14.0. The Morgan fingerprint density at radius 1 is 1.21 bits per heavy atom. The van der Waals surface area contributed by atoms with Crippen LogP contribution in [0.2, 0.25) is 0 Å². The van der Waals surface area contributed by atoms with E-state index in [0.717, 1.165) is 0 Å². The van der Waals surface area contributed by atoms with Gasteiger partial charge < -0.3 is 9.80 Å². The Bertz CT molecular complexity index is 591. The molecule has 1 heterocycles. The summed E-state index contributed by atoms with van der Waals surface area (Å²) in [5.74, 6) is -0.271. The highest BCUT2D eigenvalue weighted by molar-refractivity contribution is 6.00. The van der Waals surface area contributed by atoms with Crippen LogP contribution in [0.25, 0.3) is 0 Å². The number of amides is 2. The molecule has 2 rings (SSSR count). The number of hydrogen-bond acceptors (Lipinski definition) is 2. The summed E-state index contributed by atoms with van der Waals surface area (Å²) >= 11 is 0. The third kappa shape index (κ3) is 4.34. The molecule has 132 valence electrons. The Hall–Kier alpha value is -1.91. The average molecular weight is 334 g/mol. The Balaban J connectivity index is 2.13. The minimum absolute atomic E-state index is 0.00425. The monoisotopic (exact) mass is 334 g/mol. The number of halogens is 1. The SMILES string of the molecule is CC(C)CN(CC(C)C)C(=O)C1CC(=O)N(c2ccccc2F)C1. The van der Waals surface area contributed by atoms with Crippen molar-refractivity contribution in [2.45, 2.75) is 34.1 Å². The Kier molecular flexibility index (Phi) is 5.97. The second-order valence-electron chi connectivity index (χ2n) is 7.39. The quantitative estimate of drug-likeness (QED) is 0.801. The summed E-state index contributed by atoms with van der Waals surface area (Å²) in [7, 11) is 0. The highest BCUT2D eigenvalue weighted by atomic mass is 19.1. The second-order valence-corrected chi connectivity index (χ2v) is 7.39. The molecule has 2 amide bonds. The van der Waals surface area contributed by atoms with Crippen LogP contribution in [0, 0.1) is 23.6 Å². The van der Waals surface area contributed by atoms with E-state index in [1.54, 1.807) is 18.2 Å². The molecule has 24 heavy (non-hydrogen) atoms. The molecule has 5 heteroatoms. The van der Waals surface area contributed by atoms with Crippen molar-refractivity contribution in [2.24, 2.45) is 17.8 Å². The summed E-state index contributed by atoms with van der Waals surface area (Å²) in [5, 5.41) is 0. The van der Waals surface area contributed by atoms with Crippen molar-refractivity contribution in [1.82, 2.24) is 4.90 Å². The second kappa shape index (κ2) is 7.77. The Labute approximate surface area is 143 Å². The number of hydrogen-bond donors (Lipinski definition) is 0. The van der Waals surface area contributed by atoms with Gasteiger partial charge in [0, 0.05) is 26.1 Å². The predicted molar refractivity (Wildman–Crippen MR) is 93.1 cm³/mol. The van der Waals surface area contributed by atoms with Crippen LogP contribution in [0.4, 0.5) is 10.1 Å². The van der Waals surface area contributed by atoms with E-state index in [0.29, 0.717) is 24.9 Å². The molecule has 0 radical (unpaired) electrons. The standard InChI is InChI=1S/C19H27FN2O2/c1-13(2)10-21(11-14(3)4)19(24)15-9-18(23)22(12-15)17-8-6-5-7-16(17)20/h5-8,13-15H,9-12H2,1-4H3. The van der Waals surface area contributed by atoms with Gasteiger partial charge in [-0.3, -0.25) is 9.59 Å². The van der Waals surface area contributed by atoms with E-state index in [4.69, 9.17) is 0 Å². The average Bonchev–Trinajstić information content (AvgIpc) is 2.87. The van der Waals surface area contributed by atoms with Crippen molar-refractivity contribution >= 4 is 17.5 Å². The molecule has 1 aromatic carbocycles. The molecule has 1 saturated heterocycles. The summed E-state index contributed by atoms with van der Waals surface area (Å²) in [4.78, 5) is 28.4. The fraction of sp³-hybridized carbons (Fsp3) is 0.579. The molecule has 1 aliphatic rings. The molecule has 0 saturated carbocycles. The zero-order valence-corrected chi connectivity index (χ0v) is 15.0. The van der Waals surface area contributed by atoms with E-state index in [1.807, 2.05) is 4.90 Å². The van der Waals surface area contributed by atoms with E-state index in [1.165, 1.54) is 11.0 Å². The Morgan fingerprint density at radius 3 is 2.33 bits per heavy atom. The van der Waals surface area contributed by atoms with Crippen LogP contribution in [0.1, 0.15) is 34.1 Å². The third-order valence-corrected chi connectivity index (χ3v) is 4.10. The maximum atomic E-state index is 14.0. The van der Waals surface area contributed by atoms with Crippen LogP contribution in [-0.2, 0) is 9.59 Å². The lowest BCUT2D eigenvalue weighted by atomic mass is 10.0. The maximum absolute atomic E-state index is 14.0.